The Balaban J connectivity index is 4.55. The Labute approximate surface area is 453 Å². The topological polar surface area (TPSA) is 78.9 Å². The summed E-state index contributed by atoms with van der Waals surface area (Å²) < 4.78 is 16.7. The maximum Gasteiger partial charge on any atom is 0.306 e. The highest BCUT2D eigenvalue weighted by atomic mass is 16.6. The molecule has 0 radical (unpaired) electrons. The number of carbonyl (C=O) groups is 3. The molecule has 0 aromatic rings. The van der Waals surface area contributed by atoms with Gasteiger partial charge in [0.05, 0.1) is 0 Å². The number of rotatable bonds is 50. The highest BCUT2D eigenvalue weighted by Gasteiger charge is 2.19. The monoisotopic (exact) mass is 1020 g/mol. The van der Waals surface area contributed by atoms with Gasteiger partial charge in [-0.2, -0.15) is 0 Å². The summed E-state index contributed by atoms with van der Waals surface area (Å²) in [6.07, 6.45) is 89.3. The smallest absolute Gasteiger partial charge is 0.306 e. The molecule has 412 valence electrons. The largest absolute Gasteiger partial charge is 0.462 e. The fraction of sp³-hybridized carbons (Fsp3) is 0.544. The number of hydrogen-bond acceptors (Lipinski definition) is 6. The number of ether oxygens (including phenoxy) is 3. The molecule has 0 fully saturated rings. The zero-order valence-corrected chi connectivity index (χ0v) is 47.0. The van der Waals surface area contributed by atoms with Gasteiger partial charge < -0.3 is 14.2 Å². The third-order valence-electron chi connectivity index (χ3n) is 11.5. The molecule has 0 aromatic heterocycles. The van der Waals surface area contributed by atoms with Crippen molar-refractivity contribution in [1.29, 1.82) is 0 Å². The van der Waals surface area contributed by atoms with Crippen LogP contribution in [0.5, 0.6) is 0 Å². The lowest BCUT2D eigenvalue weighted by atomic mass is 10.1. The van der Waals surface area contributed by atoms with Gasteiger partial charge in [-0.1, -0.05) is 249 Å². The molecule has 1 unspecified atom stereocenters. The van der Waals surface area contributed by atoms with E-state index in [1.807, 2.05) is 0 Å². The molecule has 0 heterocycles. The van der Waals surface area contributed by atoms with Gasteiger partial charge in [-0.25, -0.2) is 0 Å². The molecule has 0 N–H and O–H groups in total. The van der Waals surface area contributed by atoms with Gasteiger partial charge in [0.25, 0.3) is 0 Å². The Hall–Kier alpha value is -5.23. The Bertz CT molecular complexity index is 1740. The van der Waals surface area contributed by atoms with E-state index < -0.39 is 6.10 Å². The van der Waals surface area contributed by atoms with Gasteiger partial charge in [-0.3, -0.25) is 14.4 Å². The summed E-state index contributed by atoms with van der Waals surface area (Å²) in [7, 11) is 0. The van der Waals surface area contributed by atoms with Gasteiger partial charge in [0.2, 0.25) is 0 Å². The molecule has 0 rings (SSSR count). The van der Waals surface area contributed by atoms with Crippen LogP contribution in [0.1, 0.15) is 220 Å². The van der Waals surface area contributed by atoms with E-state index in [0.29, 0.717) is 19.3 Å². The summed E-state index contributed by atoms with van der Waals surface area (Å²) in [5, 5.41) is 0. The first-order valence-electron chi connectivity index (χ1n) is 29.1. The van der Waals surface area contributed by atoms with Crippen LogP contribution in [0.3, 0.4) is 0 Å². The van der Waals surface area contributed by atoms with Crippen molar-refractivity contribution in [2.24, 2.45) is 0 Å². The summed E-state index contributed by atoms with van der Waals surface area (Å²) in [5.74, 6) is -1.06. The number of carbonyl (C=O) groups excluding carboxylic acids is 3. The van der Waals surface area contributed by atoms with Gasteiger partial charge in [0.1, 0.15) is 13.2 Å². The van der Waals surface area contributed by atoms with Crippen molar-refractivity contribution in [3.63, 3.8) is 0 Å². The van der Waals surface area contributed by atoms with Gasteiger partial charge in [0.15, 0.2) is 6.10 Å². The number of allylic oxidation sites excluding steroid dienone is 28. The number of unbranched alkanes of at least 4 members (excludes halogenated alkanes) is 11. The van der Waals surface area contributed by atoms with Crippen molar-refractivity contribution in [3.8, 4) is 0 Å². The molecular formula is C68H104O6. The third-order valence-corrected chi connectivity index (χ3v) is 11.5. The van der Waals surface area contributed by atoms with Crippen molar-refractivity contribution in [3.05, 3.63) is 170 Å². The normalized spacial score (nSPS) is 13.4. The van der Waals surface area contributed by atoms with Gasteiger partial charge in [-0.15, -0.1) is 0 Å². The molecule has 0 aliphatic rings. The summed E-state index contributed by atoms with van der Waals surface area (Å²) >= 11 is 0. The second-order valence-electron chi connectivity index (χ2n) is 18.4. The maximum absolute atomic E-state index is 12.8. The lowest BCUT2D eigenvalue weighted by Crippen LogP contribution is -2.30. The SMILES string of the molecule is CC/C=C\C/C=C\C/C=C\C/C=C\C/C=C\C/C=C\C/C=C\CCCC(=O)OCC(COC(=O)CCCCCCCCCCCC)OC(=O)CCC/C=C\C/C=C\C/C=C\C/C=C\C/C=C\C/C=C\C/C=C\CC. The first-order valence-corrected chi connectivity index (χ1v) is 29.1. The van der Waals surface area contributed by atoms with Crippen LogP contribution in [-0.4, -0.2) is 37.2 Å². The molecule has 0 amide bonds. The van der Waals surface area contributed by atoms with Gasteiger partial charge >= 0.3 is 17.9 Å². The molecule has 0 saturated carbocycles. The van der Waals surface area contributed by atoms with Crippen molar-refractivity contribution < 1.29 is 28.6 Å². The average molecular weight is 1020 g/mol. The minimum absolute atomic E-state index is 0.126. The Kier molecular flexibility index (Phi) is 56.1. The summed E-state index contributed by atoms with van der Waals surface area (Å²) in [6, 6.07) is 0. The van der Waals surface area contributed by atoms with Crippen LogP contribution in [0, 0.1) is 0 Å². The van der Waals surface area contributed by atoms with Crippen molar-refractivity contribution in [2.45, 2.75) is 226 Å². The molecule has 0 spiro atoms. The molecule has 0 saturated heterocycles. The Morgan fingerprint density at radius 2 is 0.527 bits per heavy atom. The Morgan fingerprint density at radius 1 is 0.284 bits per heavy atom. The highest BCUT2D eigenvalue weighted by molar-refractivity contribution is 5.71. The zero-order chi connectivity index (χ0) is 53.6. The number of esters is 3. The van der Waals surface area contributed by atoms with E-state index in [-0.39, 0.29) is 44.0 Å². The molecule has 0 bridgehead atoms. The van der Waals surface area contributed by atoms with Crippen molar-refractivity contribution in [2.75, 3.05) is 13.2 Å². The molecule has 6 nitrogen and oxygen atoms in total. The van der Waals surface area contributed by atoms with E-state index >= 15 is 0 Å². The maximum atomic E-state index is 12.8. The molecule has 6 heteroatoms. The summed E-state index contributed by atoms with van der Waals surface area (Å²) in [4.78, 5) is 38.1. The standard InChI is InChI=1S/C68H104O6/c1-4-7-10-13-16-19-22-24-26-28-30-32-34-36-38-40-42-44-46-49-52-55-58-61-67(70)73-64-65(63-72-66(69)60-57-54-51-48-21-18-15-12-9-6-3)74-68(71)62-59-56-53-50-47-45-43-41-39-37-35-33-31-29-27-25-23-20-17-14-11-8-5-2/h7-8,10-11,16-17,19-20,24-27,30-33,36-39,42-45,49-50,52-53,65H,4-6,9,12-15,18,21-23,28-29,34-35,40-41,46-48,51,54-64H2,1-3H3/b10-7-,11-8-,19-16-,20-17-,26-24-,27-25-,32-30-,33-31-,38-36-,39-37-,44-42-,45-43-,52-49-,53-50-. The lowest BCUT2D eigenvalue weighted by Gasteiger charge is -2.18. The molecule has 74 heavy (non-hydrogen) atoms. The zero-order valence-electron chi connectivity index (χ0n) is 47.0. The molecule has 0 aromatic carbocycles. The first-order chi connectivity index (χ1) is 36.5. The van der Waals surface area contributed by atoms with Crippen LogP contribution in [-0.2, 0) is 28.6 Å². The van der Waals surface area contributed by atoms with E-state index in [1.165, 1.54) is 44.9 Å². The minimum atomic E-state index is -0.840. The molecule has 0 aliphatic heterocycles. The second-order valence-corrected chi connectivity index (χ2v) is 18.4. The van der Waals surface area contributed by atoms with Crippen LogP contribution in [0.4, 0.5) is 0 Å². The fourth-order valence-corrected chi connectivity index (χ4v) is 7.18. The van der Waals surface area contributed by atoms with Gasteiger partial charge in [-0.05, 0) is 122 Å². The summed E-state index contributed by atoms with van der Waals surface area (Å²) in [6.45, 7) is 6.28. The van der Waals surface area contributed by atoms with Crippen molar-refractivity contribution >= 4 is 17.9 Å². The van der Waals surface area contributed by atoms with Crippen LogP contribution in [0.2, 0.25) is 0 Å². The van der Waals surface area contributed by atoms with Crippen LogP contribution < -0.4 is 0 Å². The summed E-state index contributed by atoms with van der Waals surface area (Å²) in [5.41, 5.74) is 0. The quantitative estimate of drug-likeness (QED) is 0.0261. The molecule has 1 atom stereocenters. The second kappa shape index (κ2) is 60.3. The van der Waals surface area contributed by atoms with Gasteiger partial charge in [0, 0.05) is 19.3 Å². The van der Waals surface area contributed by atoms with Crippen LogP contribution >= 0.6 is 0 Å². The van der Waals surface area contributed by atoms with E-state index in [4.69, 9.17) is 14.2 Å². The van der Waals surface area contributed by atoms with Crippen LogP contribution in [0.25, 0.3) is 0 Å². The molecule has 0 aliphatic carbocycles. The fourth-order valence-electron chi connectivity index (χ4n) is 7.18. The Morgan fingerprint density at radius 3 is 0.824 bits per heavy atom. The van der Waals surface area contributed by atoms with E-state index in [0.717, 1.165) is 122 Å². The van der Waals surface area contributed by atoms with Crippen molar-refractivity contribution in [1.82, 2.24) is 0 Å². The lowest BCUT2D eigenvalue weighted by molar-refractivity contribution is -0.167. The molecular weight excluding hydrogens is 913 g/mol. The third kappa shape index (κ3) is 57.7. The average Bonchev–Trinajstić information content (AvgIpc) is 3.40. The first kappa shape index (κ1) is 68.8. The predicted molar refractivity (Wildman–Crippen MR) is 320 cm³/mol. The predicted octanol–water partition coefficient (Wildman–Crippen LogP) is 19.9. The van der Waals surface area contributed by atoms with Crippen LogP contribution in [0.15, 0.2) is 170 Å². The van der Waals surface area contributed by atoms with E-state index in [1.54, 1.807) is 0 Å². The van der Waals surface area contributed by atoms with E-state index in [9.17, 15) is 14.4 Å². The highest BCUT2D eigenvalue weighted by Crippen LogP contribution is 2.13. The van der Waals surface area contributed by atoms with E-state index in [2.05, 4.69) is 191 Å². The number of hydrogen-bond donors (Lipinski definition) is 0. The minimum Gasteiger partial charge on any atom is -0.462 e.